The Morgan fingerprint density at radius 1 is 0.333 bits per heavy atom. The summed E-state index contributed by atoms with van der Waals surface area (Å²) in [4.78, 5) is 0. The van der Waals surface area contributed by atoms with Gasteiger partial charge in [0.15, 0.2) is 0 Å². The molecule has 0 aliphatic rings. The fraction of sp³-hybridized carbons (Fsp3) is 0. The summed E-state index contributed by atoms with van der Waals surface area (Å²) >= 11 is -22.5. The molecular weight excluding hydrogens is 666 g/mol. The maximum Gasteiger partial charge on any atom is 4.00 e. The summed E-state index contributed by atoms with van der Waals surface area (Å²) in [7, 11) is 0. The Labute approximate surface area is 133 Å². The van der Waals surface area contributed by atoms with E-state index in [1.165, 1.54) is 0 Å². The molecule has 0 saturated carbocycles. The molecule has 21 heteroatoms. The molecule has 0 aromatic heterocycles. The number of rotatable bonds is 0. The number of hydrogen-bond donors (Lipinski definition) is 0. The minimum Gasteiger partial charge on any atom is 4.00 e. The molecule has 0 aromatic carbocycles. The predicted molar refractivity (Wildman–Crippen MR) is 8.24 cm³/mol. The van der Waals surface area contributed by atoms with Crippen LogP contribution in [0.25, 0.3) is 0 Å². The van der Waals surface area contributed by atoms with Crippen molar-refractivity contribution >= 4 is 0 Å². The van der Waals surface area contributed by atoms with Crippen molar-refractivity contribution in [3.05, 3.63) is 0 Å². The van der Waals surface area contributed by atoms with E-state index in [-0.39, 0.29) is 19.8 Å². The molecule has 21 heavy (non-hydrogen) atoms. The second kappa shape index (κ2) is 12.7. The summed E-state index contributed by atoms with van der Waals surface area (Å²) in [6.45, 7) is 0. The van der Waals surface area contributed by atoms with E-state index in [0.29, 0.717) is 0 Å². The molecule has 0 saturated heterocycles. The Bertz CT molecular complexity index is 673. The zero-order valence-electron chi connectivity index (χ0n) is 8.40. The zero-order chi connectivity index (χ0) is 18.0. The van der Waals surface area contributed by atoms with Crippen LogP contribution in [0.4, 0.5) is 0 Å². The molecule has 0 radical (unpaired) electrons. The summed E-state index contributed by atoms with van der Waals surface area (Å²) in [5.74, 6) is 0. The molecule has 0 aromatic rings. The van der Waals surface area contributed by atoms with Gasteiger partial charge in [-0.15, -0.1) is 0 Å². The first-order valence-electron chi connectivity index (χ1n) is 2.47. The van der Waals surface area contributed by atoms with Crippen LogP contribution in [-0.2, 0) is 118 Å². The van der Waals surface area contributed by atoms with Gasteiger partial charge in [0.05, 0.1) is 0 Å². The van der Waals surface area contributed by atoms with Crippen molar-refractivity contribution in [2.45, 2.75) is 0 Å². The van der Waals surface area contributed by atoms with Crippen LogP contribution in [0.1, 0.15) is 0 Å². The Morgan fingerprint density at radius 2 is 0.333 bits per heavy atom. The summed E-state index contributed by atoms with van der Waals surface area (Å²) < 4.78 is 137. The van der Waals surface area contributed by atoms with Gasteiger partial charge in [0.2, 0.25) is 0 Å². The normalized spacial score (nSPS) is 10.9. The van der Waals surface area contributed by atoms with E-state index in [2.05, 4.69) is 0 Å². The SMILES string of the molecule is [O]=[Mn](=[O])(=[O])[O-].[O]=[Mn](=[O])(=[O])[O-].[O]=[Mn](=[O])(=[O])[O-].[O]=[Mn](=[O])(=[O])[O-].[Os+4]. The molecule has 0 aliphatic heterocycles. The zero-order valence-corrected chi connectivity index (χ0v) is 15.7. The van der Waals surface area contributed by atoms with Crippen LogP contribution >= 0.6 is 0 Å². The molecule has 16 nitrogen and oxygen atoms in total. The Kier molecular flexibility index (Phi) is 19.9. The standard InChI is InChI=1S/4Mn.16O.Os/q;;;;;;;;;;;;;;;;4*-1;+4. The fourth-order valence-corrected chi connectivity index (χ4v) is 0. The largest absolute Gasteiger partial charge is 4.00 e. The van der Waals surface area contributed by atoms with Crippen LogP contribution < -0.4 is 16.8 Å². The van der Waals surface area contributed by atoms with Crippen molar-refractivity contribution in [1.82, 2.24) is 0 Å². The first kappa shape index (κ1) is 32.9. The predicted octanol–water partition coefficient (Wildman–Crippen LogP) is -6.19. The van der Waals surface area contributed by atoms with Crippen molar-refractivity contribution in [3.8, 4) is 0 Å². The Hall–Kier alpha value is 0.154. The van der Waals surface area contributed by atoms with Gasteiger partial charge in [0.1, 0.15) is 0 Å². The van der Waals surface area contributed by atoms with Gasteiger partial charge in [0, 0.05) is 0 Å². The molecule has 0 atom stereocenters. The topological polar surface area (TPSA) is 297 Å². The smallest absolute Gasteiger partial charge is 4.00 e. The molecule has 0 amide bonds. The van der Waals surface area contributed by atoms with Gasteiger partial charge in [-0.1, -0.05) is 0 Å². The van der Waals surface area contributed by atoms with Gasteiger partial charge in [-0.3, -0.25) is 0 Å². The van der Waals surface area contributed by atoms with Crippen molar-refractivity contribution < 1.29 is 134 Å². The molecule has 0 bridgehead atoms. The third-order valence-corrected chi connectivity index (χ3v) is 0. The third-order valence-electron chi connectivity index (χ3n) is 0. The molecular formula is Mn4O16Os. The van der Waals surface area contributed by atoms with Gasteiger partial charge in [0.25, 0.3) is 0 Å². The van der Waals surface area contributed by atoms with Gasteiger partial charge in [-0.25, -0.2) is 0 Å². The first-order chi connectivity index (χ1) is 8.00. The molecule has 0 spiro atoms. The van der Waals surface area contributed by atoms with Gasteiger partial charge in [-0.05, 0) is 0 Å². The van der Waals surface area contributed by atoms with E-state index in [1.807, 2.05) is 0 Å². The quantitative estimate of drug-likeness (QED) is 0.217. The van der Waals surface area contributed by atoms with Crippen LogP contribution in [0.2, 0.25) is 0 Å². The molecule has 132 valence electrons. The molecule has 0 N–H and O–H groups in total. The van der Waals surface area contributed by atoms with Crippen LogP contribution in [-0.4, -0.2) is 0 Å². The monoisotopic (exact) mass is 668 g/mol. The van der Waals surface area contributed by atoms with Crippen molar-refractivity contribution in [2.24, 2.45) is 0 Å². The summed E-state index contributed by atoms with van der Waals surface area (Å²) in [5.41, 5.74) is 0. The van der Waals surface area contributed by atoms with E-state index in [9.17, 15) is 0 Å². The number of hydrogen-bond acceptors (Lipinski definition) is 16. The second-order valence-electron chi connectivity index (χ2n) is 1.51. The minimum absolute atomic E-state index is 0. The third kappa shape index (κ3) is 279000. The Morgan fingerprint density at radius 3 is 0.333 bits per heavy atom. The van der Waals surface area contributed by atoms with Gasteiger partial charge < -0.3 is 0 Å². The first-order valence-corrected chi connectivity index (χ1v) is 10.2. The van der Waals surface area contributed by atoms with E-state index in [0.717, 1.165) is 0 Å². The fourth-order valence-electron chi connectivity index (χ4n) is 0. The van der Waals surface area contributed by atoms with Crippen LogP contribution in [0.15, 0.2) is 0 Å². The average Bonchev–Trinajstić information content (AvgIpc) is 1.62. The van der Waals surface area contributed by atoms with Gasteiger partial charge >= 0.3 is 134 Å². The van der Waals surface area contributed by atoms with E-state index in [4.69, 9.17) is 62.8 Å². The molecule has 0 aliphatic carbocycles. The summed E-state index contributed by atoms with van der Waals surface area (Å²) in [5, 5.41) is 0. The maximum atomic E-state index is 8.58. The van der Waals surface area contributed by atoms with Gasteiger partial charge in [-0.2, -0.15) is 0 Å². The molecule has 0 unspecified atom stereocenters. The van der Waals surface area contributed by atoms with Crippen molar-refractivity contribution in [2.75, 3.05) is 0 Å². The van der Waals surface area contributed by atoms with Crippen LogP contribution in [0.3, 0.4) is 0 Å². The summed E-state index contributed by atoms with van der Waals surface area (Å²) in [6.07, 6.45) is 0. The molecule has 0 fully saturated rings. The maximum absolute atomic E-state index is 8.58. The van der Waals surface area contributed by atoms with Crippen LogP contribution in [0, 0.1) is 0 Å². The van der Waals surface area contributed by atoms with E-state index < -0.39 is 51.9 Å². The average molecular weight is 666 g/mol. The Balaban J connectivity index is -0.0000000533. The summed E-state index contributed by atoms with van der Waals surface area (Å²) in [6, 6.07) is 0. The van der Waals surface area contributed by atoms with E-state index >= 15 is 0 Å². The second-order valence-corrected chi connectivity index (χ2v) is 6.23. The molecule has 0 heterocycles. The minimum atomic E-state index is -5.62. The van der Waals surface area contributed by atoms with E-state index in [1.54, 1.807) is 0 Å². The van der Waals surface area contributed by atoms with Crippen molar-refractivity contribution in [1.29, 1.82) is 0 Å². The van der Waals surface area contributed by atoms with Crippen molar-refractivity contribution in [3.63, 3.8) is 0 Å². The molecule has 0 rings (SSSR count). The van der Waals surface area contributed by atoms with Crippen LogP contribution in [0.5, 0.6) is 0 Å².